The van der Waals surface area contributed by atoms with Gasteiger partial charge in [0, 0.05) is 12.4 Å². The van der Waals surface area contributed by atoms with E-state index in [1.165, 1.54) is 5.56 Å². The van der Waals surface area contributed by atoms with E-state index in [9.17, 15) is 0 Å². The summed E-state index contributed by atoms with van der Waals surface area (Å²) in [6.07, 6.45) is 3.68. The molecule has 0 atom stereocenters. The Morgan fingerprint density at radius 1 is 1.39 bits per heavy atom. The summed E-state index contributed by atoms with van der Waals surface area (Å²) in [6.45, 7) is 4.66. The SMILES string of the molecule is Cc1ccsc1-c1nc(Cn2cccn2)c(C)o1. The maximum absolute atomic E-state index is 5.75. The van der Waals surface area contributed by atoms with Gasteiger partial charge in [-0.2, -0.15) is 5.10 Å². The van der Waals surface area contributed by atoms with Crippen LogP contribution < -0.4 is 0 Å². The van der Waals surface area contributed by atoms with Crippen molar-refractivity contribution < 1.29 is 4.42 Å². The second-order valence-corrected chi connectivity index (χ2v) is 5.07. The molecule has 4 nitrogen and oxygen atoms in total. The first-order chi connectivity index (χ1) is 8.74. The molecule has 0 unspecified atom stereocenters. The Balaban J connectivity index is 1.94. The summed E-state index contributed by atoms with van der Waals surface area (Å²) in [5.41, 5.74) is 2.13. The van der Waals surface area contributed by atoms with Crippen molar-refractivity contribution in [2.75, 3.05) is 0 Å². The molecule has 0 aliphatic carbocycles. The highest BCUT2D eigenvalue weighted by molar-refractivity contribution is 7.13. The van der Waals surface area contributed by atoms with Crippen molar-refractivity contribution >= 4 is 11.3 Å². The molecule has 0 amide bonds. The number of aryl methyl sites for hydroxylation is 2. The molecule has 0 fully saturated rings. The first-order valence-corrected chi connectivity index (χ1v) is 6.60. The maximum atomic E-state index is 5.75. The zero-order valence-electron chi connectivity index (χ0n) is 10.3. The molecule has 0 aliphatic heterocycles. The lowest BCUT2D eigenvalue weighted by molar-refractivity contribution is 0.537. The van der Waals surface area contributed by atoms with Gasteiger partial charge in [-0.25, -0.2) is 4.98 Å². The number of oxazole rings is 1. The lowest BCUT2D eigenvalue weighted by atomic mass is 10.3. The molecule has 3 heterocycles. The van der Waals surface area contributed by atoms with Crippen LogP contribution in [0.5, 0.6) is 0 Å². The summed E-state index contributed by atoms with van der Waals surface area (Å²) >= 11 is 1.65. The Morgan fingerprint density at radius 3 is 2.94 bits per heavy atom. The molecule has 0 saturated carbocycles. The third kappa shape index (κ3) is 1.97. The number of rotatable bonds is 3. The van der Waals surface area contributed by atoms with Crippen molar-refractivity contribution in [1.29, 1.82) is 0 Å². The van der Waals surface area contributed by atoms with Gasteiger partial charge in [0.1, 0.15) is 11.5 Å². The first-order valence-electron chi connectivity index (χ1n) is 5.72. The van der Waals surface area contributed by atoms with Crippen LogP contribution in [0.2, 0.25) is 0 Å². The summed E-state index contributed by atoms with van der Waals surface area (Å²) in [7, 11) is 0. The van der Waals surface area contributed by atoms with Gasteiger partial charge in [0.15, 0.2) is 0 Å². The number of thiophene rings is 1. The summed E-state index contributed by atoms with van der Waals surface area (Å²) in [6, 6.07) is 3.98. The van der Waals surface area contributed by atoms with Gasteiger partial charge >= 0.3 is 0 Å². The topological polar surface area (TPSA) is 43.9 Å². The minimum atomic E-state index is 0.646. The molecule has 18 heavy (non-hydrogen) atoms. The van der Waals surface area contributed by atoms with Crippen molar-refractivity contribution in [3.05, 3.63) is 46.9 Å². The molecule has 3 rings (SSSR count). The Labute approximate surface area is 109 Å². The largest absolute Gasteiger partial charge is 0.440 e. The van der Waals surface area contributed by atoms with E-state index in [4.69, 9.17) is 4.42 Å². The third-order valence-electron chi connectivity index (χ3n) is 2.82. The highest BCUT2D eigenvalue weighted by atomic mass is 32.1. The van der Waals surface area contributed by atoms with Gasteiger partial charge in [-0.1, -0.05) is 0 Å². The summed E-state index contributed by atoms with van der Waals surface area (Å²) < 4.78 is 7.59. The smallest absolute Gasteiger partial charge is 0.237 e. The van der Waals surface area contributed by atoms with E-state index in [-0.39, 0.29) is 0 Å². The molecule has 3 aromatic heterocycles. The molecule has 5 heteroatoms. The Bertz CT molecular complexity index is 652. The fourth-order valence-corrected chi connectivity index (χ4v) is 2.66. The Hall–Kier alpha value is -1.88. The van der Waals surface area contributed by atoms with Gasteiger partial charge in [-0.05, 0) is 36.9 Å². The van der Waals surface area contributed by atoms with Gasteiger partial charge < -0.3 is 4.42 Å². The van der Waals surface area contributed by atoms with Crippen LogP contribution >= 0.6 is 11.3 Å². The summed E-state index contributed by atoms with van der Waals surface area (Å²) in [5, 5.41) is 6.23. The van der Waals surface area contributed by atoms with Gasteiger partial charge in [0.2, 0.25) is 5.89 Å². The second kappa shape index (κ2) is 4.42. The normalized spacial score (nSPS) is 11.0. The second-order valence-electron chi connectivity index (χ2n) is 4.16. The number of hydrogen-bond donors (Lipinski definition) is 0. The van der Waals surface area contributed by atoms with Crippen LogP contribution in [0.1, 0.15) is 17.0 Å². The van der Waals surface area contributed by atoms with Crippen molar-refractivity contribution in [2.24, 2.45) is 0 Å². The van der Waals surface area contributed by atoms with Gasteiger partial charge in [-0.15, -0.1) is 11.3 Å². The zero-order chi connectivity index (χ0) is 12.5. The van der Waals surface area contributed by atoms with Crippen LogP contribution in [0, 0.1) is 13.8 Å². The molecule has 0 aromatic carbocycles. The van der Waals surface area contributed by atoms with Gasteiger partial charge in [0.25, 0.3) is 0 Å². The lowest BCUT2D eigenvalue weighted by Crippen LogP contribution is -2.01. The molecule has 0 spiro atoms. The fourth-order valence-electron chi connectivity index (χ4n) is 1.81. The molecule has 0 aliphatic rings. The molecule has 0 bridgehead atoms. The molecule has 0 saturated heterocycles. The Kier molecular flexibility index (Phi) is 2.76. The minimum absolute atomic E-state index is 0.646. The van der Waals surface area contributed by atoms with Crippen molar-refractivity contribution in [2.45, 2.75) is 20.4 Å². The van der Waals surface area contributed by atoms with Gasteiger partial charge in [0.05, 0.1) is 11.4 Å². The first kappa shape index (κ1) is 11.2. The third-order valence-corrected chi connectivity index (χ3v) is 3.82. The molecular formula is C13H13N3OS. The summed E-state index contributed by atoms with van der Waals surface area (Å²) in [4.78, 5) is 5.67. The molecule has 92 valence electrons. The maximum Gasteiger partial charge on any atom is 0.237 e. The van der Waals surface area contributed by atoms with E-state index in [2.05, 4.69) is 28.5 Å². The highest BCUT2D eigenvalue weighted by Crippen LogP contribution is 2.29. The quantitative estimate of drug-likeness (QED) is 0.725. The van der Waals surface area contributed by atoms with Crippen LogP contribution in [-0.4, -0.2) is 14.8 Å². The molecule has 3 aromatic rings. The standard InChI is InChI=1S/C13H13N3OS/c1-9-4-7-18-12(9)13-15-11(10(2)17-13)8-16-6-3-5-14-16/h3-7H,8H2,1-2H3. The average molecular weight is 259 g/mol. The predicted molar refractivity (Wildman–Crippen MR) is 70.6 cm³/mol. The van der Waals surface area contributed by atoms with Crippen molar-refractivity contribution in [1.82, 2.24) is 14.8 Å². The van der Waals surface area contributed by atoms with Crippen LogP contribution in [0.15, 0.2) is 34.3 Å². The predicted octanol–water partition coefficient (Wildman–Crippen LogP) is 3.26. The number of aromatic nitrogens is 3. The van der Waals surface area contributed by atoms with E-state index in [1.54, 1.807) is 17.5 Å². The molecular weight excluding hydrogens is 246 g/mol. The van der Waals surface area contributed by atoms with Crippen LogP contribution in [0.3, 0.4) is 0 Å². The monoisotopic (exact) mass is 259 g/mol. The fraction of sp³-hybridized carbons (Fsp3) is 0.231. The van der Waals surface area contributed by atoms with Crippen LogP contribution in [0.4, 0.5) is 0 Å². The number of nitrogens with zero attached hydrogens (tertiary/aromatic N) is 3. The Morgan fingerprint density at radius 2 is 2.28 bits per heavy atom. The number of hydrogen-bond acceptors (Lipinski definition) is 4. The summed E-state index contributed by atoms with van der Waals surface area (Å²) in [5.74, 6) is 1.57. The lowest BCUT2D eigenvalue weighted by Gasteiger charge is -1.96. The molecule has 0 N–H and O–H groups in total. The highest BCUT2D eigenvalue weighted by Gasteiger charge is 2.14. The van der Waals surface area contributed by atoms with Crippen molar-refractivity contribution in [3.8, 4) is 10.8 Å². The van der Waals surface area contributed by atoms with Gasteiger partial charge in [-0.3, -0.25) is 4.68 Å². The van der Waals surface area contributed by atoms with E-state index >= 15 is 0 Å². The van der Waals surface area contributed by atoms with Crippen LogP contribution in [-0.2, 0) is 6.54 Å². The minimum Gasteiger partial charge on any atom is -0.440 e. The van der Waals surface area contributed by atoms with E-state index in [1.807, 2.05) is 23.9 Å². The van der Waals surface area contributed by atoms with Crippen molar-refractivity contribution in [3.63, 3.8) is 0 Å². The van der Waals surface area contributed by atoms with E-state index in [0.717, 1.165) is 16.3 Å². The molecule has 0 radical (unpaired) electrons. The average Bonchev–Trinajstić information content (AvgIpc) is 3.03. The zero-order valence-corrected chi connectivity index (χ0v) is 11.1. The van der Waals surface area contributed by atoms with E-state index in [0.29, 0.717) is 12.4 Å². The van der Waals surface area contributed by atoms with Crippen LogP contribution in [0.25, 0.3) is 10.8 Å². The van der Waals surface area contributed by atoms with E-state index < -0.39 is 0 Å².